The topological polar surface area (TPSA) is 107 Å². The van der Waals surface area contributed by atoms with Crippen molar-refractivity contribution in [3.8, 4) is 11.4 Å². The van der Waals surface area contributed by atoms with E-state index in [1.807, 2.05) is 18.2 Å². The van der Waals surface area contributed by atoms with E-state index in [9.17, 15) is 4.79 Å². The molecular weight excluding hydrogens is 292 g/mol. The molecule has 23 heavy (non-hydrogen) atoms. The number of aromatic nitrogens is 4. The number of carbonyl (C=O) groups is 1. The van der Waals surface area contributed by atoms with E-state index in [-0.39, 0.29) is 17.3 Å². The number of amides is 1. The number of carbonyl (C=O) groups excluding carboxylic acids is 1. The molecule has 7 nitrogen and oxygen atoms in total. The van der Waals surface area contributed by atoms with Gasteiger partial charge >= 0.3 is 0 Å². The van der Waals surface area contributed by atoms with E-state index in [1.165, 1.54) is 6.20 Å². The first-order valence-electron chi connectivity index (χ1n) is 6.95. The van der Waals surface area contributed by atoms with Crippen LogP contribution in [0.15, 0.2) is 55.1 Å². The highest BCUT2D eigenvalue weighted by Gasteiger charge is 2.13. The average molecular weight is 306 g/mol. The second-order valence-corrected chi connectivity index (χ2v) is 4.73. The second kappa shape index (κ2) is 6.61. The molecule has 0 saturated carbocycles. The van der Waals surface area contributed by atoms with Crippen LogP contribution < -0.4 is 11.1 Å². The minimum Gasteiger partial charge on any atom is -0.383 e. The lowest BCUT2D eigenvalue weighted by Gasteiger charge is -2.07. The third-order valence-electron chi connectivity index (χ3n) is 3.16. The number of hydrogen-bond donors (Lipinski definition) is 2. The number of pyridine rings is 2. The zero-order chi connectivity index (χ0) is 16.1. The molecule has 0 bridgehead atoms. The van der Waals surface area contributed by atoms with Gasteiger partial charge in [-0.15, -0.1) is 0 Å². The van der Waals surface area contributed by atoms with Crippen molar-refractivity contribution in [3.63, 3.8) is 0 Å². The van der Waals surface area contributed by atoms with Gasteiger partial charge in [0.2, 0.25) is 0 Å². The summed E-state index contributed by atoms with van der Waals surface area (Å²) in [6.45, 7) is 0.311. The van der Waals surface area contributed by atoms with Crippen LogP contribution in [0.2, 0.25) is 0 Å². The Morgan fingerprint density at radius 1 is 1.09 bits per heavy atom. The Labute approximate surface area is 132 Å². The van der Waals surface area contributed by atoms with Gasteiger partial charge in [-0.25, -0.2) is 9.97 Å². The van der Waals surface area contributed by atoms with E-state index >= 15 is 0 Å². The molecule has 0 aromatic carbocycles. The molecule has 3 rings (SSSR count). The van der Waals surface area contributed by atoms with E-state index in [2.05, 4.69) is 25.3 Å². The summed E-state index contributed by atoms with van der Waals surface area (Å²) in [5, 5.41) is 2.74. The van der Waals surface area contributed by atoms with E-state index in [0.717, 1.165) is 11.3 Å². The maximum Gasteiger partial charge on any atom is 0.256 e. The highest BCUT2D eigenvalue weighted by atomic mass is 16.1. The molecule has 3 aromatic heterocycles. The van der Waals surface area contributed by atoms with Gasteiger partial charge in [-0.3, -0.25) is 14.8 Å². The van der Waals surface area contributed by atoms with Crippen molar-refractivity contribution in [2.45, 2.75) is 6.54 Å². The number of hydrogen-bond acceptors (Lipinski definition) is 6. The van der Waals surface area contributed by atoms with E-state index in [4.69, 9.17) is 5.73 Å². The molecule has 0 fully saturated rings. The van der Waals surface area contributed by atoms with Crippen LogP contribution in [-0.4, -0.2) is 25.8 Å². The van der Waals surface area contributed by atoms with Gasteiger partial charge in [0, 0.05) is 30.4 Å². The smallest absolute Gasteiger partial charge is 0.256 e. The number of nitrogens with zero attached hydrogens (tertiary/aromatic N) is 4. The largest absolute Gasteiger partial charge is 0.383 e. The van der Waals surface area contributed by atoms with Gasteiger partial charge in [0.15, 0.2) is 5.82 Å². The summed E-state index contributed by atoms with van der Waals surface area (Å²) in [5.74, 6) is 0.242. The molecule has 7 heteroatoms. The molecule has 1 amide bonds. The lowest BCUT2D eigenvalue weighted by Crippen LogP contribution is -2.25. The molecule has 3 N–H and O–H groups in total. The summed E-state index contributed by atoms with van der Waals surface area (Å²) >= 11 is 0. The normalized spacial score (nSPS) is 10.3. The van der Waals surface area contributed by atoms with Crippen LogP contribution in [0.4, 0.5) is 5.82 Å². The van der Waals surface area contributed by atoms with Crippen LogP contribution in [0.5, 0.6) is 0 Å². The van der Waals surface area contributed by atoms with Gasteiger partial charge in [-0.1, -0.05) is 6.07 Å². The fourth-order valence-electron chi connectivity index (χ4n) is 1.98. The molecule has 3 heterocycles. The Hall–Kier alpha value is -3.35. The van der Waals surface area contributed by atoms with Gasteiger partial charge in [0.05, 0.1) is 17.8 Å². The number of rotatable bonds is 4. The lowest BCUT2D eigenvalue weighted by atomic mass is 10.2. The van der Waals surface area contributed by atoms with E-state index in [0.29, 0.717) is 12.4 Å². The molecule has 114 valence electrons. The van der Waals surface area contributed by atoms with Gasteiger partial charge in [-0.2, -0.15) is 0 Å². The summed E-state index contributed by atoms with van der Waals surface area (Å²) in [6, 6.07) is 9.04. The third kappa shape index (κ3) is 3.46. The van der Waals surface area contributed by atoms with Gasteiger partial charge in [0.25, 0.3) is 5.91 Å². The van der Waals surface area contributed by atoms with Gasteiger partial charge in [-0.05, 0) is 24.3 Å². The average Bonchev–Trinajstić information content (AvgIpc) is 2.61. The number of nitrogens with two attached hydrogens (primary N) is 1. The Bertz CT molecular complexity index is 807. The monoisotopic (exact) mass is 306 g/mol. The molecule has 0 atom stereocenters. The van der Waals surface area contributed by atoms with Crippen molar-refractivity contribution in [2.75, 3.05) is 5.73 Å². The Balaban J connectivity index is 1.74. The van der Waals surface area contributed by atoms with Crippen LogP contribution in [0.3, 0.4) is 0 Å². The zero-order valence-electron chi connectivity index (χ0n) is 12.2. The van der Waals surface area contributed by atoms with E-state index < -0.39 is 0 Å². The summed E-state index contributed by atoms with van der Waals surface area (Å²) in [5.41, 5.74) is 7.66. The van der Waals surface area contributed by atoms with Crippen molar-refractivity contribution in [1.82, 2.24) is 25.3 Å². The van der Waals surface area contributed by atoms with Crippen LogP contribution in [-0.2, 0) is 6.54 Å². The molecule has 0 aliphatic rings. The van der Waals surface area contributed by atoms with Crippen molar-refractivity contribution in [1.29, 1.82) is 0 Å². The quantitative estimate of drug-likeness (QED) is 0.755. The summed E-state index contributed by atoms with van der Waals surface area (Å²) in [6.07, 6.45) is 6.37. The SMILES string of the molecule is Nc1nc(-c2ccncc2)ncc1C(=O)NCc1ccccn1. The fourth-order valence-corrected chi connectivity index (χ4v) is 1.98. The first kappa shape index (κ1) is 14.6. The summed E-state index contributed by atoms with van der Waals surface area (Å²) in [7, 11) is 0. The maximum absolute atomic E-state index is 12.2. The zero-order valence-corrected chi connectivity index (χ0v) is 12.2. The third-order valence-corrected chi connectivity index (χ3v) is 3.16. The number of nitrogens with one attached hydrogen (secondary N) is 1. The summed E-state index contributed by atoms with van der Waals surface area (Å²) in [4.78, 5) is 28.6. The Kier molecular flexibility index (Phi) is 4.19. The van der Waals surface area contributed by atoms with Crippen molar-refractivity contribution in [2.24, 2.45) is 0 Å². The maximum atomic E-state index is 12.2. The minimum absolute atomic E-state index is 0.130. The van der Waals surface area contributed by atoms with Gasteiger partial charge in [0.1, 0.15) is 5.82 Å². The van der Waals surface area contributed by atoms with Crippen molar-refractivity contribution < 1.29 is 4.79 Å². The van der Waals surface area contributed by atoms with Crippen LogP contribution in [0, 0.1) is 0 Å². The fraction of sp³-hybridized carbons (Fsp3) is 0.0625. The molecule has 0 radical (unpaired) electrons. The van der Waals surface area contributed by atoms with Gasteiger partial charge < -0.3 is 11.1 Å². The molecule has 3 aromatic rings. The Morgan fingerprint density at radius 3 is 2.61 bits per heavy atom. The summed E-state index contributed by atoms with van der Waals surface area (Å²) < 4.78 is 0. The minimum atomic E-state index is -0.338. The molecule has 0 unspecified atom stereocenters. The standard InChI is InChI=1S/C16H14N6O/c17-14-13(16(23)21-9-12-3-1-2-6-19-12)10-20-15(22-14)11-4-7-18-8-5-11/h1-8,10H,9H2,(H,21,23)(H2,17,20,22). The molecular formula is C16H14N6O. The second-order valence-electron chi connectivity index (χ2n) is 4.73. The Morgan fingerprint density at radius 2 is 1.91 bits per heavy atom. The molecule has 0 aliphatic carbocycles. The van der Waals surface area contributed by atoms with Crippen molar-refractivity contribution >= 4 is 11.7 Å². The molecule has 0 aliphatic heterocycles. The van der Waals surface area contributed by atoms with E-state index in [1.54, 1.807) is 30.7 Å². The highest BCUT2D eigenvalue weighted by molar-refractivity contribution is 5.98. The first-order valence-corrected chi connectivity index (χ1v) is 6.95. The number of anilines is 1. The van der Waals surface area contributed by atoms with Crippen molar-refractivity contribution in [3.05, 3.63) is 66.4 Å². The predicted molar refractivity (Wildman–Crippen MR) is 85.1 cm³/mol. The van der Waals surface area contributed by atoms with Crippen LogP contribution in [0.25, 0.3) is 11.4 Å². The molecule has 0 saturated heterocycles. The van der Waals surface area contributed by atoms with Crippen LogP contribution >= 0.6 is 0 Å². The number of nitrogen functional groups attached to an aromatic ring is 1. The van der Waals surface area contributed by atoms with Crippen LogP contribution in [0.1, 0.15) is 16.1 Å². The first-order chi connectivity index (χ1) is 11.2. The molecule has 0 spiro atoms. The lowest BCUT2D eigenvalue weighted by molar-refractivity contribution is 0.0950. The highest BCUT2D eigenvalue weighted by Crippen LogP contribution is 2.16. The predicted octanol–water partition coefficient (Wildman–Crippen LogP) is 1.45.